The van der Waals surface area contributed by atoms with Crippen molar-refractivity contribution in [1.82, 2.24) is 10.3 Å². The van der Waals surface area contributed by atoms with Gasteiger partial charge in [-0.05, 0) is 36.4 Å². The highest BCUT2D eigenvalue weighted by Crippen LogP contribution is 2.45. The third-order valence-electron chi connectivity index (χ3n) is 3.45. The maximum absolute atomic E-state index is 11.2. The quantitative estimate of drug-likeness (QED) is 0.300. The van der Waals surface area contributed by atoms with Crippen molar-refractivity contribution in [3.8, 4) is 0 Å². The van der Waals surface area contributed by atoms with Gasteiger partial charge in [0.15, 0.2) is 0 Å². The minimum absolute atomic E-state index is 0.0999. The van der Waals surface area contributed by atoms with E-state index in [1.54, 1.807) is 42.6 Å². The molecule has 0 aliphatic rings. The molecule has 3 aromatic rings. The molecule has 0 aliphatic carbocycles. The van der Waals surface area contributed by atoms with Crippen LogP contribution in [0.4, 0.5) is 0 Å². The number of halogens is 6. The van der Waals surface area contributed by atoms with E-state index in [0.717, 1.165) is 0 Å². The third kappa shape index (κ3) is 8.41. The van der Waals surface area contributed by atoms with Crippen molar-refractivity contribution in [1.29, 1.82) is 0 Å². The molecule has 0 atom stereocenters. The fourth-order valence-corrected chi connectivity index (χ4v) is 5.16. The van der Waals surface area contributed by atoms with E-state index in [1.807, 2.05) is 0 Å². The largest absolute Gasteiger partial charge is 0.351 e. The van der Waals surface area contributed by atoms with Gasteiger partial charge < -0.3 is 5.32 Å². The zero-order chi connectivity index (χ0) is 23.0. The molecular weight excluding hydrogens is 561 g/mol. The Bertz CT molecular complexity index is 952. The van der Waals surface area contributed by atoms with Crippen LogP contribution in [0, 0.1) is 0 Å². The minimum Gasteiger partial charge on any atom is -0.351 e. The summed E-state index contributed by atoms with van der Waals surface area (Å²) in [6.07, 6.45) is 3.17. The number of aromatic nitrogens is 1. The van der Waals surface area contributed by atoms with E-state index in [4.69, 9.17) is 69.6 Å². The molecule has 0 unspecified atom stereocenters. The highest BCUT2D eigenvalue weighted by molar-refractivity contribution is 7.99. The number of hydrogen-bond acceptors (Lipinski definition) is 4. The summed E-state index contributed by atoms with van der Waals surface area (Å²) in [5, 5.41) is 5.36. The predicted molar refractivity (Wildman–Crippen MR) is 137 cm³/mol. The van der Waals surface area contributed by atoms with E-state index in [0.29, 0.717) is 57.8 Å². The van der Waals surface area contributed by atoms with Gasteiger partial charge in [0.25, 0.3) is 5.91 Å². The molecule has 1 heterocycles. The SMILES string of the molecule is Clc1cc(Cl)c(Sc2c(Cl)cc(Cl)cc2Cl)c(Cl)c1.O=C(NCCS)c1cccnc1. The number of nitrogens with one attached hydrogen (secondary N) is 1. The maximum atomic E-state index is 11.2. The van der Waals surface area contributed by atoms with Crippen LogP contribution in [0.2, 0.25) is 30.1 Å². The Kier molecular flexibility index (Phi) is 11.4. The Hall–Kier alpha value is -0.500. The average Bonchev–Trinajstić information content (AvgIpc) is 2.71. The number of carbonyl (C=O) groups is 1. The summed E-state index contributed by atoms with van der Waals surface area (Å²) in [6, 6.07) is 9.88. The molecule has 0 fully saturated rings. The molecule has 1 N–H and O–H groups in total. The highest BCUT2D eigenvalue weighted by atomic mass is 35.5. The van der Waals surface area contributed by atoms with Crippen LogP contribution >= 0.6 is 94.0 Å². The van der Waals surface area contributed by atoms with E-state index in [2.05, 4.69) is 22.9 Å². The van der Waals surface area contributed by atoms with Gasteiger partial charge in [-0.2, -0.15) is 12.6 Å². The van der Waals surface area contributed by atoms with Crippen LogP contribution in [0.1, 0.15) is 10.4 Å². The van der Waals surface area contributed by atoms with Gasteiger partial charge in [-0.15, -0.1) is 0 Å². The van der Waals surface area contributed by atoms with Gasteiger partial charge in [-0.25, -0.2) is 0 Å². The predicted octanol–water partition coefficient (Wildman–Crippen LogP) is 8.50. The number of nitrogens with zero attached hydrogens (tertiary/aromatic N) is 1. The normalized spacial score (nSPS) is 10.3. The molecule has 164 valence electrons. The number of thiol groups is 1. The second-order valence-corrected chi connectivity index (χ2v) is 9.69. The minimum atomic E-state index is -0.0999. The fourth-order valence-electron chi connectivity index (χ4n) is 2.12. The summed E-state index contributed by atoms with van der Waals surface area (Å²) in [4.78, 5) is 16.3. The van der Waals surface area contributed by atoms with Crippen molar-refractivity contribution >= 4 is 99.9 Å². The van der Waals surface area contributed by atoms with Crippen LogP contribution in [-0.4, -0.2) is 23.2 Å². The van der Waals surface area contributed by atoms with Gasteiger partial charge in [-0.3, -0.25) is 9.78 Å². The lowest BCUT2D eigenvalue weighted by molar-refractivity contribution is 0.0956. The van der Waals surface area contributed by atoms with Gasteiger partial charge >= 0.3 is 0 Å². The lowest BCUT2D eigenvalue weighted by Crippen LogP contribution is -2.25. The van der Waals surface area contributed by atoms with Crippen molar-refractivity contribution in [3.05, 3.63) is 84.5 Å². The smallest absolute Gasteiger partial charge is 0.252 e. The van der Waals surface area contributed by atoms with E-state index in [9.17, 15) is 4.79 Å². The standard InChI is InChI=1S/C12H4Cl6S.C8H10N2OS/c13-5-1-7(15)11(8(16)2-5)19-12-9(17)3-6(14)4-10(12)18;11-8(10-4-5-12)7-2-1-3-9-6-7/h1-4H;1-3,6,12H,4-5H2,(H,10,11). The molecule has 3 nitrogen and oxygen atoms in total. The van der Waals surface area contributed by atoms with Gasteiger partial charge in [0.05, 0.1) is 25.7 Å². The topological polar surface area (TPSA) is 42.0 Å². The number of rotatable bonds is 5. The second kappa shape index (κ2) is 13.3. The first-order chi connectivity index (χ1) is 14.7. The van der Waals surface area contributed by atoms with E-state index in [-0.39, 0.29) is 5.91 Å². The van der Waals surface area contributed by atoms with Gasteiger partial charge in [-0.1, -0.05) is 81.4 Å². The first-order valence-electron chi connectivity index (χ1n) is 8.49. The maximum Gasteiger partial charge on any atom is 0.252 e. The zero-order valence-electron chi connectivity index (χ0n) is 15.5. The molecular formula is C20H14Cl6N2OS2. The van der Waals surface area contributed by atoms with Crippen molar-refractivity contribution in [2.24, 2.45) is 0 Å². The zero-order valence-corrected chi connectivity index (χ0v) is 21.8. The fraction of sp³-hybridized carbons (Fsp3) is 0.100. The number of pyridine rings is 1. The molecule has 2 aromatic carbocycles. The van der Waals surface area contributed by atoms with Crippen LogP contribution in [0.5, 0.6) is 0 Å². The van der Waals surface area contributed by atoms with Crippen LogP contribution in [0.15, 0.2) is 58.6 Å². The van der Waals surface area contributed by atoms with Crippen molar-refractivity contribution < 1.29 is 4.79 Å². The number of carbonyl (C=O) groups excluding carboxylic acids is 1. The molecule has 0 saturated heterocycles. The lowest BCUT2D eigenvalue weighted by atomic mass is 10.3. The van der Waals surface area contributed by atoms with E-state index >= 15 is 0 Å². The first-order valence-corrected chi connectivity index (χ1v) is 12.2. The molecule has 0 aliphatic heterocycles. The summed E-state index contributed by atoms with van der Waals surface area (Å²) in [5.41, 5.74) is 0.583. The Morgan fingerprint density at radius 1 is 0.903 bits per heavy atom. The molecule has 1 aromatic heterocycles. The van der Waals surface area contributed by atoms with E-state index < -0.39 is 0 Å². The lowest BCUT2D eigenvalue weighted by Gasteiger charge is -2.10. The van der Waals surface area contributed by atoms with E-state index in [1.165, 1.54) is 18.0 Å². The number of amides is 1. The molecule has 31 heavy (non-hydrogen) atoms. The molecule has 0 spiro atoms. The Morgan fingerprint density at radius 2 is 1.39 bits per heavy atom. The molecule has 11 heteroatoms. The van der Waals surface area contributed by atoms with Crippen molar-refractivity contribution in [3.63, 3.8) is 0 Å². The summed E-state index contributed by atoms with van der Waals surface area (Å²) < 4.78 is 0. The Morgan fingerprint density at radius 3 is 1.77 bits per heavy atom. The van der Waals surface area contributed by atoms with Crippen LogP contribution < -0.4 is 5.32 Å². The molecule has 1 amide bonds. The number of hydrogen-bond donors (Lipinski definition) is 2. The molecule has 0 bridgehead atoms. The van der Waals surface area contributed by atoms with Gasteiger partial charge in [0.1, 0.15) is 0 Å². The second-order valence-electron chi connectivity index (χ2n) is 5.72. The summed E-state index contributed by atoms with van der Waals surface area (Å²) in [5.74, 6) is 0.545. The van der Waals surface area contributed by atoms with Crippen LogP contribution in [0.3, 0.4) is 0 Å². The Balaban J connectivity index is 0.000000245. The Labute approximate surface area is 220 Å². The average molecular weight is 575 g/mol. The molecule has 3 rings (SSSR count). The first kappa shape index (κ1) is 26.7. The third-order valence-corrected chi connectivity index (χ3v) is 7.04. The highest BCUT2D eigenvalue weighted by Gasteiger charge is 2.15. The molecule has 0 radical (unpaired) electrons. The molecule has 0 saturated carbocycles. The summed E-state index contributed by atoms with van der Waals surface area (Å²) in [6.45, 7) is 0.580. The summed E-state index contributed by atoms with van der Waals surface area (Å²) in [7, 11) is 0. The van der Waals surface area contributed by atoms with Crippen molar-refractivity contribution in [2.45, 2.75) is 9.79 Å². The summed E-state index contributed by atoms with van der Waals surface area (Å²) >= 11 is 41.4. The van der Waals surface area contributed by atoms with Crippen LogP contribution in [0.25, 0.3) is 0 Å². The monoisotopic (exact) mass is 572 g/mol. The van der Waals surface area contributed by atoms with Crippen molar-refractivity contribution in [2.75, 3.05) is 12.3 Å². The van der Waals surface area contributed by atoms with Gasteiger partial charge in [0, 0.05) is 44.5 Å². The number of benzene rings is 2. The van der Waals surface area contributed by atoms with Gasteiger partial charge in [0.2, 0.25) is 0 Å². The van der Waals surface area contributed by atoms with Crippen LogP contribution in [-0.2, 0) is 0 Å².